The van der Waals surface area contributed by atoms with E-state index in [-0.39, 0.29) is 25.8 Å². The number of unbranched alkanes of at least 4 members (excludes halogenated alkanes) is 11. The Hall–Kier alpha value is -1.89. The highest BCUT2D eigenvalue weighted by molar-refractivity contribution is 5.78. The van der Waals surface area contributed by atoms with Crippen molar-refractivity contribution in [3.8, 4) is 0 Å². The van der Waals surface area contributed by atoms with Gasteiger partial charge in [-0.3, -0.25) is 4.48 Å². The molecule has 228 valence electrons. The van der Waals surface area contributed by atoms with Gasteiger partial charge in [-0.05, 0) is 32.1 Å². The molecule has 0 aliphatic rings. The smallest absolute Gasteiger partial charge is 0.362 e. The standard InChI is InChI=1S/C32H59NO6/c1-5-9-10-11-12-13-14-15-16-17-18-19-20-21-22-26-33(27(23-6-2)30(34)35,28(24-7-3)31(36)37)29(25-8-4)32(38)39/h20-21,27-29H,5-19,22-26H2,1-4H3,(H2-,34,35,36,37,38,39)/p+1/b21-20+. The predicted octanol–water partition coefficient (Wildman–Crippen LogP) is 8.21. The lowest BCUT2D eigenvalue weighted by Crippen LogP contribution is -2.72. The molecule has 0 radical (unpaired) electrons. The summed E-state index contributed by atoms with van der Waals surface area (Å²) in [6.07, 6.45) is 22.1. The second-order valence-corrected chi connectivity index (χ2v) is 11.2. The molecule has 3 N–H and O–H groups in total. The number of carboxylic acids is 3. The van der Waals surface area contributed by atoms with Crippen LogP contribution in [0.25, 0.3) is 0 Å². The fourth-order valence-electron chi connectivity index (χ4n) is 6.11. The van der Waals surface area contributed by atoms with Crippen molar-refractivity contribution >= 4 is 17.9 Å². The van der Waals surface area contributed by atoms with Crippen LogP contribution in [0.2, 0.25) is 0 Å². The fraction of sp³-hybridized carbons (Fsp3) is 0.844. The van der Waals surface area contributed by atoms with Crippen LogP contribution >= 0.6 is 0 Å². The third-order valence-corrected chi connectivity index (χ3v) is 8.11. The molecule has 0 fully saturated rings. The number of quaternary nitrogens is 1. The van der Waals surface area contributed by atoms with E-state index in [1.165, 1.54) is 64.2 Å². The maximum Gasteiger partial charge on any atom is 0.362 e. The third kappa shape index (κ3) is 13.8. The Bertz CT molecular complexity index is 632. The van der Waals surface area contributed by atoms with E-state index >= 15 is 0 Å². The first-order chi connectivity index (χ1) is 18.7. The van der Waals surface area contributed by atoms with Gasteiger partial charge in [0.05, 0.1) is 6.54 Å². The van der Waals surface area contributed by atoms with E-state index in [9.17, 15) is 29.7 Å². The van der Waals surface area contributed by atoms with Gasteiger partial charge >= 0.3 is 17.9 Å². The molecule has 0 rings (SSSR count). The van der Waals surface area contributed by atoms with Gasteiger partial charge in [0.1, 0.15) is 0 Å². The van der Waals surface area contributed by atoms with Crippen LogP contribution in [0.1, 0.15) is 150 Å². The predicted molar refractivity (Wildman–Crippen MR) is 159 cm³/mol. The van der Waals surface area contributed by atoms with Gasteiger partial charge in [-0.25, -0.2) is 14.4 Å². The van der Waals surface area contributed by atoms with Crippen LogP contribution in [0.15, 0.2) is 12.2 Å². The van der Waals surface area contributed by atoms with Crippen molar-refractivity contribution in [2.24, 2.45) is 0 Å². The molecule has 7 nitrogen and oxygen atoms in total. The number of aliphatic carboxylic acids is 3. The highest BCUT2D eigenvalue weighted by Crippen LogP contribution is 2.34. The summed E-state index contributed by atoms with van der Waals surface area (Å²) in [5, 5.41) is 30.7. The number of hydrogen-bond donors (Lipinski definition) is 3. The second kappa shape index (κ2) is 22.9. The maximum atomic E-state index is 12.5. The Labute approximate surface area is 238 Å². The van der Waals surface area contributed by atoms with Crippen LogP contribution in [0.4, 0.5) is 0 Å². The lowest BCUT2D eigenvalue weighted by atomic mass is 9.91. The van der Waals surface area contributed by atoms with Crippen LogP contribution in [0.3, 0.4) is 0 Å². The first-order valence-corrected chi connectivity index (χ1v) is 15.9. The average molecular weight is 555 g/mol. The van der Waals surface area contributed by atoms with E-state index in [2.05, 4.69) is 13.0 Å². The Morgan fingerprint density at radius 1 is 0.513 bits per heavy atom. The van der Waals surface area contributed by atoms with Crippen LogP contribution in [-0.4, -0.2) is 62.4 Å². The first kappa shape index (κ1) is 37.1. The molecular formula is C32H60NO6+. The summed E-state index contributed by atoms with van der Waals surface area (Å²) in [5.41, 5.74) is 0. The zero-order valence-electron chi connectivity index (χ0n) is 25.5. The summed E-state index contributed by atoms with van der Waals surface area (Å²) >= 11 is 0. The summed E-state index contributed by atoms with van der Waals surface area (Å²) < 4.78 is -0.418. The number of carboxylic acid groups (broad SMARTS) is 3. The molecule has 3 atom stereocenters. The van der Waals surface area contributed by atoms with Crippen molar-refractivity contribution in [1.82, 2.24) is 0 Å². The second-order valence-electron chi connectivity index (χ2n) is 11.2. The van der Waals surface area contributed by atoms with Gasteiger partial charge in [0.2, 0.25) is 0 Å². The Balaban J connectivity index is 5.32. The van der Waals surface area contributed by atoms with E-state index in [0.29, 0.717) is 25.7 Å². The molecule has 0 aliphatic heterocycles. The fourth-order valence-corrected chi connectivity index (χ4v) is 6.11. The summed E-state index contributed by atoms with van der Waals surface area (Å²) in [7, 11) is 0. The molecule has 39 heavy (non-hydrogen) atoms. The maximum absolute atomic E-state index is 12.5. The van der Waals surface area contributed by atoms with Crippen molar-refractivity contribution in [3.63, 3.8) is 0 Å². The monoisotopic (exact) mass is 554 g/mol. The molecule has 3 unspecified atom stereocenters. The minimum atomic E-state index is -1.11. The highest BCUT2D eigenvalue weighted by Gasteiger charge is 2.56. The molecule has 0 amide bonds. The number of carbonyl (C=O) groups is 3. The Morgan fingerprint density at radius 3 is 1.18 bits per heavy atom. The highest BCUT2D eigenvalue weighted by atomic mass is 16.4. The molecule has 0 aromatic carbocycles. The molecule has 0 aromatic heterocycles. The largest absolute Gasteiger partial charge is 0.477 e. The Kier molecular flexibility index (Phi) is 21.8. The summed E-state index contributed by atoms with van der Waals surface area (Å²) in [5.74, 6) is -3.32. The van der Waals surface area contributed by atoms with E-state index in [0.717, 1.165) is 12.8 Å². The van der Waals surface area contributed by atoms with Gasteiger partial charge in [0.15, 0.2) is 18.1 Å². The topological polar surface area (TPSA) is 112 Å². The zero-order chi connectivity index (χ0) is 29.5. The van der Waals surface area contributed by atoms with Gasteiger partial charge in [-0.1, -0.05) is 104 Å². The SMILES string of the molecule is CCCCCCCCCCCCC/C=C/CC[N+](C(CCC)C(=O)O)(C(CCC)C(=O)O)C(CCC)C(=O)O. The van der Waals surface area contributed by atoms with Gasteiger partial charge in [0.25, 0.3) is 0 Å². The molecule has 7 heteroatoms. The molecule has 0 aliphatic carbocycles. The van der Waals surface area contributed by atoms with Crippen LogP contribution < -0.4 is 0 Å². The van der Waals surface area contributed by atoms with E-state index in [1.807, 2.05) is 26.8 Å². The average Bonchev–Trinajstić information content (AvgIpc) is 2.89. The van der Waals surface area contributed by atoms with Gasteiger partial charge in [-0.2, -0.15) is 0 Å². The molecule has 0 aromatic rings. The molecular weight excluding hydrogens is 494 g/mol. The number of nitrogens with zero attached hydrogens (tertiary/aromatic N) is 1. The van der Waals surface area contributed by atoms with E-state index in [1.54, 1.807) is 0 Å². The van der Waals surface area contributed by atoms with Gasteiger partial charge in [-0.15, -0.1) is 0 Å². The molecule has 0 heterocycles. The molecule has 0 bridgehead atoms. The quantitative estimate of drug-likeness (QED) is 0.0536. The number of allylic oxidation sites excluding steroid dienone is 1. The summed E-state index contributed by atoms with van der Waals surface area (Å²) in [6, 6.07) is -3.22. The normalized spacial score (nSPS) is 15.6. The third-order valence-electron chi connectivity index (χ3n) is 8.11. The lowest BCUT2D eigenvalue weighted by molar-refractivity contribution is -0.973. The number of rotatable bonds is 27. The first-order valence-electron chi connectivity index (χ1n) is 15.9. The van der Waals surface area contributed by atoms with Crippen LogP contribution in [0, 0.1) is 0 Å². The summed E-state index contributed by atoms with van der Waals surface area (Å²) in [6.45, 7) is 8.03. The number of hydrogen-bond acceptors (Lipinski definition) is 3. The van der Waals surface area contributed by atoms with Gasteiger partial charge in [0, 0.05) is 25.7 Å². The van der Waals surface area contributed by atoms with E-state index < -0.39 is 40.5 Å². The molecule has 0 saturated heterocycles. The zero-order valence-corrected chi connectivity index (χ0v) is 25.5. The minimum Gasteiger partial charge on any atom is -0.477 e. The van der Waals surface area contributed by atoms with Crippen molar-refractivity contribution in [2.75, 3.05) is 6.54 Å². The minimum absolute atomic E-state index is 0.194. The van der Waals surface area contributed by atoms with Crippen molar-refractivity contribution in [1.29, 1.82) is 0 Å². The van der Waals surface area contributed by atoms with Crippen molar-refractivity contribution in [3.05, 3.63) is 12.2 Å². The summed E-state index contributed by atoms with van der Waals surface area (Å²) in [4.78, 5) is 37.6. The molecule has 0 saturated carbocycles. The van der Waals surface area contributed by atoms with E-state index in [4.69, 9.17) is 0 Å². The Morgan fingerprint density at radius 2 is 0.846 bits per heavy atom. The van der Waals surface area contributed by atoms with Crippen molar-refractivity contribution < 1.29 is 34.2 Å². The van der Waals surface area contributed by atoms with Crippen molar-refractivity contribution in [2.45, 2.75) is 168 Å². The van der Waals surface area contributed by atoms with Gasteiger partial charge < -0.3 is 15.3 Å². The van der Waals surface area contributed by atoms with Crippen LogP contribution in [0.5, 0.6) is 0 Å². The van der Waals surface area contributed by atoms with Crippen LogP contribution in [-0.2, 0) is 14.4 Å². The lowest BCUT2D eigenvalue weighted by Gasteiger charge is -2.50. The molecule has 0 spiro atoms.